The van der Waals surface area contributed by atoms with Crippen molar-refractivity contribution < 1.29 is 9.47 Å². The molecule has 0 unspecified atom stereocenters. The number of rotatable bonds is 2. The van der Waals surface area contributed by atoms with E-state index in [1.54, 1.807) is 30.2 Å². The highest BCUT2D eigenvalue weighted by Gasteiger charge is 2.09. The summed E-state index contributed by atoms with van der Waals surface area (Å²) in [5.41, 5.74) is 3.26. The van der Waals surface area contributed by atoms with Gasteiger partial charge in [-0.15, -0.1) is 9.77 Å². The number of benzene rings is 1. The minimum atomic E-state index is -0.198. The minimum Gasteiger partial charge on any atom is -0.266 e. The fourth-order valence-corrected chi connectivity index (χ4v) is 1.54. The summed E-state index contributed by atoms with van der Waals surface area (Å²) in [6.45, 7) is 0. The van der Waals surface area contributed by atoms with E-state index in [0.717, 1.165) is 0 Å². The lowest BCUT2D eigenvalue weighted by molar-refractivity contribution is -0.648. The molecule has 2 aromatic rings. The van der Waals surface area contributed by atoms with E-state index >= 15 is 0 Å². The Labute approximate surface area is 97.3 Å². The number of nitrogens with one attached hydrogen (secondary N) is 2. The van der Waals surface area contributed by atoms with E-state index < -0.39 is 0 Å². The van der Waals surface area contributed by atoms with Gasteiger partial charge in [-0.3, -0.25) is 4.79 Å². The van der Waals surface area contributed by atoms with Crippen LogP contribution in [-0.2, 0) is 7.05 Å². The Kier molecular flexibility index (Phi) is 2.82. The van der Waals surface area contributed by atoms with Crippen molar-refractivity contribution in [2.24, 2.45) is 7.05 Å². The number of carbonyl (C=O) groups excluding carboxylic acids is 1. The van der Waals surface area contributed by atoms with Gasteiger partial charge < -0.3 is 0 Å². The van der Waals surface area contributed by atoms with E-state index in [-0.39, 0.29) is 5.91 Å². The SMILES string of the molecule is Cn1c[n+](NC(=O)c2ccccc2)c(=S)[nH]1. The molecule has 0 aliphatic rings. The van der Waals surface area contributed by atoms with Crippen LogP contribution in [0, 0.1) is 4.77 Å². The van der Waals surface area contributed by atoms with Crippen molar-refractivity contribution in [3.05, 3.63) is 47.0 Å². The Morgan fingerprint density at radius 2 is 2.12 bits per heavy atom. The molecule has 0 radical (unpaired) electrons. The maximum absolute atomic E-state index is 11.8. The number of nitrogens with zero attached hydrogens (tertiary/aromatic N) is 2. The number of aryl methyl sites for hydroxylation is 1. The highest BCUT2D eigenvalue weighted by atomic mass is 32.1. The monoisotopic (exact) mass is 235 g/mol. The summed E-state index contributed by atoms with van der Waals surface area (Å²) < 4.78 is 3.56. The molecule has 0 fully saturated rings. The molecule has 82 valence electrons. The number of H-pyrrole nitrogens is 1. The summed E-state index contributed by atoms with van der Waals surface area (Å²) >= 11 is 5.01. The molecule has 0 aliphatic heterocycles. The first kappa shape index (κ1) is 10.6. The first-order valence-electron chi connectivity index (χ1n) is 4.70. The van der Waals surface area contributed by atoms with Crippen molar-refractivity contribution in [1.82, 2.24) is 9.78 Å². The molecule has 0 saturated carbocycles. The Morgan fingerprint density at radius 3 is 2.69 bits per heavy atom. The van der Waals surface area contributed by atoms with Gasteiger partial charge in [-0.25, -0.2) is 5.43 Å². The Balaban J connectivity index is 2.20. The summed E-state index contributed by atoms with van der Waals surface area (Å²) in [6.07, 6.45) is 1.66. The van der Waals surface area contributed by atoms with Crippen LogP contribution >= 0.6 is 12.2 Å². The Hall–Kier alpha value is -1.95. The lowest BCUT2D eigenvalue weighted by Gasteiger charge is -1.99. The van der Waals surface area contributed by atoms with E-state index in [4.69, 9.17) is 12.2 Å². The van der Waals surface area contributed by atoms with Crippen molar-refractivity contribution in [1.29, 1.82) is 0 Å². The van der Waals surface area contributed by atoms with Gasteiger partial charge in [0.15, 0.2) is 0 Å². The van der Waals surface area contributed by atoms with Crippen LogP contribution in [0.25, 0.3) is 0 Å². The summed E-state index contributed by atoms with van der Waals surface area (Å²) in [7, 11) is 1.79. The second kappa shape index (κ2) is 4.28. The van der Waals surface area contributed by atoms with Crippen LogP contribution in [0.1, 0.15) is 10.4 Å². The Bertz CT molecular complexity index is 558. The van der Waals surface area contributed by atoms with Gasteiger partial charge in [0.2, 0.25) is 6.33 Å². The zero-order valence-corrected chi connectivity index (χ0v) is 9.49. The Morgan fingerprint density at radius 1 is 1.44 bits per heavy atom. The fourth-order valence-electron chi connectivity index (χ4n) is 1.30. The smallest absolute Gasteiger partial charge is 0.266 e. The number of aromatic amines is 1. The predicted octanol–water partition coefficient (Wildman–Crippen LogP) is 0.754. The van der Waals surface area contributed by atoms with Crippen LogP contribution in [0.5, 0.6) is 0 Å². The maximum Gasteiger partial charge on any atom is 0.345 e. The topological polar surface area (TPSA) is 53.7 Å². The third kappa shape index (κ3) is 2.17. The quantitative estimate of drug-likeness (QED) is 0.596. The van der Waals surface area contributed by atoms with Gasteiger partial charge in [0, 0.05) is 17.8 Å². The summed E-state index contributed by atoms with van der Waals surface area (Å²) in [5, 5.41) is 2.84. The van der Waals surface area contributed by atoms with Gasteiger partial charge in [0.1, 0.15) is 0 Å². The van der Waals surface area contributed by atoms with E-state index in [1.165, 1.54) is 4.68 Å². The van der Waals surface area contributed by atoms with Crippen LogP contribution in [0.4, 0.5) is 0 Å². The van der Waals surface area contributed by atoms with Crippen LogP contribution in [0.3, 0.4) is 0 Å². The van der Waals surface area contributed by atoms with Gasteiger partial charge in [0.05, 0.1) is 7.05 Å². The van der Waals surface area contributed by atoms with Crippen LogP contribution in [0.2, 0.25) is 0 Å². The van der Waals surface area contributed by atoms with E-state index in [1.807, 2.05) is 18.2 Å². The van der Waals surface area contributed by atoms with Gasteiger partial charge in [-0.2, -0.15) is 4.68 Å². The average Bonchev–Trinajstić information content (AvgIpc) is 2.59. The molecule has 2 N–H and O–H groups in total. The van der Waals surface area contributed by atoms with E-state index in [0.29, 0.717) is 10.3 Å². The molecule has 5 nitrogen and oxygen atoms in total. The number of hydrogen-bond acceptors (Lipinski definition) is 2. The first-order valence-corrected chi connectivity index (χ1v) is 5.11. The summed E-state index contributed by atoms with van der Waals surface area (Å²) in [5.74, 6) is -0.198. The minimum absolute atomic E-state index is 0.198. The molecule has 0 aliphatic carbocycles. The maximum atomic E-state index is 11.8. The zero-order chi connectivity index (χ0) is 11.5. The average molecular weight is 235 g/mol. The molecule has 0 bridgehead atoms. The van der Waals surface area contributed by atoms with Crippen molar-refractivity contribution in [2.45, 2.75) is 0 Å². The van der Waals surface area contributed by atoms with Crippen LogP contribution < -0.4 is 10.1 Å². The molecule has 0 spiro atoms. The number of carbonyl (C=O) groups is 1. The first-order chi connectivity index (χ1) is 7.66. The molecule has 1 heterocycles. The molecule has 6 heteroatoms. The molecule has 1 aromatic heterocycles. The molecule has 16 heavy (non-hydrogen) atoms. The zero-order valence-electron chi connectivity index (χ0n) is 8.68. The van der Waals surface area contributed by atoms with E-state index in [9.17, 15) is 4.79 Å². The number of aromatic nitrogens is 3. The molecule has 0 saturated heterocycles. The van der Waals surface area contributed by atoms with Crippen molar-refractivity contribution in [2.75, 3.05) is 5.43 Å². The van der Waals surface area contributed by atoms with Crippen LogP contribution in [0.15, 0.2) is 36.7 Å². The second-order valence-electron chi connectivity index (χ2n) is 3.32. The van der Waals surface area contributed by atoms with Crippen molar-refractivity contribution in [3.8, 4) is 0 Å². The van der Waals surface area contributed by atoms with Gasteiger partial charge >= 0.3 is 4.77 Å². The second-order valence-corrected chi connectivity index (χ2v) is 3.71. The summed E-state index contributed by atoms with van der Waals surface area (Å²) in [6, 6.07) is 8.96. The third-order valence-corrected chi connectivity index (χ3v) is 2.33. The highest BCUT2D eigenvalue weighted by molar-refractivity contribution is 7.71. The third-order valence-electron chi connectivity index (χ3n) is 2.04. The fraction of sp³-hybridized carbons (Fsp3) is 0.100. The van der Waals surface area contributed by atoms with E-state index in [2.05, 4.69) is 10.5 Å². The number of hydrogen-bond donors (Lipinski definition) is 2. The molecular weight excluding hydrogens is 224 g/mol. The normalized spacial score (nSPS) is 10.1. The lowest BCUT2D eigenvalue weighted by Crippen LogP contribution is -2.48. The standard InChI is InChI=1S/C10H10N4OS/c1-13-7-14(10(16)12-13)11-9(15)8-5-3-2-4-6-8/h2-7H,1H3,(H-,11,12,15,16)/p+1. The van der Waals surface area contributed by atoms with Gasteiger partial charge in [-0.1, -0.05) is 18.2 Å². The predicted molar refractivity (Wildman–Crippen MR) is 60.9 cm³/mol. The van der Waals surface area contributed by atoms with Crippen LogP contribution in [-0.4, -0.2) is 15.7 Å². The lowest BCUT2D eigenvalue weighted by atomic mass is 10.2. The number of amides is 1. The summed E-state index contributed by atoms with van der Waals surface area (Å²) in [4.78, 5) is 11.8. The molecule has 1 amide bonds. The largest absolute Gasteiger partial charge is 0.345 e. The molecule has 2 rings (SSSR count). The van der Waals surface area contributed by atoms with Gasteiger partial charge in [0.25, 0.3) is 5.91 Å². The van der Waals surface area contributed by atoms with Crippen molar-refractivity contribution in [3.63, 3.8) is 0 Å². The molecular formula is C10H11N4OS+. The van der Waals surface area contributed by atoms with Crippen molar-refractivity contribution >= 4 is 18.1 Å². The highest BCUT2D eigenvalue weighted by Crippen LogP contribution is 1.97. The van der Waals surface area contributed by atoms with Gasteiger partial charge in [-0.05, 0) is 12.1 Å². The molecule has 0 atom stereocenters. The molecule has 1 aromatic carbocycles.